The summed E-state index contributed by atoms with van der Waals surface area (Å²) in [6.07, 6.45) is 0. The first kappa shape index (κ1) is 19.0. The molecule has 0 bridgehead atoms. The topological polar surface area (TPSA) is 78.4 Å². The van der Waals surface area contributed by atoms with Gasteiger partial charge < -0.3 is 15.1 Å². The Kier molecular flexibility index (Phi) is 5.81. The lowest BCUT2D eigenvalue weighted by Gasteiger charge is -2.34. The van der Waals surface area contributed by atoms with Crippen molar-refractivity contribution in [3.05, 3.63) is 47.4 Å². The predicted molar refractivity (Wildman–Crippen MR) is 105 cm³/mol. The van der Waals surface area contributed by atoms with Crippen LogP contribution in [0.2, 0.25) is 0 Å². The third-order valence-corrected chi connectivity index (χ3v) is 4.75. The fourth-order valence-electron chi connectivity index (χ4n) is 3.11. The molecule has 2 heterocycles. The van der Waals surface area contributed by atoms with Crippen molar-refractivity contribution in [1.82, 2.24) is 14.9 Å². The van der Waals surface area contributed by atoms with E-state index in [1.54, 1.807) is 37.3 Å². The van der Waals surface area contributed by atoms with Crippen molar-refractivity contribution in [3.8, 4) is 0 Å². The maximum absolute atomic E-state index is 12.6. The molecule has 1 aromatic carbocycles. The van der Waals surface area contributed by atoms with Gasteiger partial charge in [-0.05, 0) is 44.7 Å². The highest BCUT2D eigenvalue weighted by Crippen LogP contribution is 2.17. The predicted octanol–water partition coefficient (Wildman–Crippen LogP) is 2.38. The van der Waals surface area contributed by atoms with E-state index in [-0.39, 0.29) is 11.7 Å². The lowest BCUT2D eigenvalue weighted by Crippen LogP contribution is -2.46. The molecule has 1 saturated heterocycles. The number of amides is 1. The molecule has 0 unspecified atom stereocenters. The first-order valence-corrected chi connectivity index (χ1v) is 9.21. The molecule has 142 valence electrons. The van der Waals surface area contributed by atoms with Crippen molar-refractivity contribution in [1.29, 1.82) is 0 Å². The summed E-state index contributed by atoms with van der Waals surface area (Å²) in [5, 5.41) is 2.83. The average Bonchev–Trinajstić information content (AvgIpc) is 2.68. The molecule has 7 heteroatoms. The van der Waals surface area contributed by atoms with Crippen LogP contribution in [-0.2, 0) is 0 Å². The Bertz CT molecular complexity index is 827. The summed E-state index contributed by atoms with van der Waals surface area (Å²) in [7, 11) is 0. The summed E-state index contributed by atoms with van der Waals surface area (Å²) in [6, 6.07) is 8.57. The standard InChI is InChI=1S/C20H25N5O2/c1-4-24-9-11-25(12-10-24)19-13-18(21-15(3)22-19)20(27)23-17-7-5-16(6-8-17)14(2)26/h5-8,13H,4,9-12H2,1-3H3,(H,23,27). The molecule has 0 spiro atoms. The number of benzene rings is 1. The zero-order valence-electron chi connectivity index (χ0n) is 16.0. The molecular weight excluding hydrogens is 342 g/mol. The summed E-state index contributed by atoms with van der Waals surface area (Å²) in [6.45, 7) is 10.3. The van der Waals surface area contributed by atoms with Gasteiger partial charge in [-0.2, -0.15) is 0 Å². The maximum atomic E-state index is 12.6. The minimum Gasteiger partial charge on any atom is -0.354 e. The van der Waals surface area contributed by atoms with Crippen LogP contribution in [0.15, 0.2) is 30.3 Å². The van der Waals surface area contributed by atoms with Crippen molar-refractivity contribution < 1.29 is 9.59 Å². The number of nitrogens with one attached hydrogen (secondary N) is 1. The first-order chi connectivity index (χ1) is 13.0. The van der Waals surface area contributed by atoms with Crippen LogP contribution in [0.4, 0.5) is 11.5 Å². The summed E-state index contributed by atoms with van der Waals surface area (Å²) in [5.41, 5.74) is 1.57. The number of aryl methyl sites for hydroxylation is 1. The van der Waals surface area contributed by atoms with Crippen LogP contribution in [0, 0.1) is 6.92 Å². The van der Waals surface area contributed by atoms with Gasteiger partial charge in [0.1, 0.15) is 17.3 Å². The van der Waals surface area contributed by atoms with E-state index >= 15 is 0 Å². The number of anilines is 2. The number of hydrogen-bond donors (Lipinski definition) is 1. The number of rotatable bonds is 5. The highest BCUT2D eigenvalue weighted by atomic mass is 16.2. The van der Waals surface area contributed by atoms with Crippen molar-refractivity contribution in [2.75, 3.05) is 42.9 Å². The number of Topliss-reactive ketones (excluding diaryl/α,β-unsaturated/α-hetero) is 1. The number of carbonyl (C=O) groups excluding carboxylic acids is 2. The van der Waals surface area contributed by atoms with E-state index in [2.05, 4.69) is 32.0 Å². The van der Waals surface area contributed by atoms with E-state index in [1.807, 2.05) is 0 Å². The summed E-state index contributed by atoms with van der Waals surface area (Å²) >= 11 is 0. The Morgan fingerprint density at radius 1 is 1.07 bits per heavy atom. The molecule has 0 saturated carbocycles. The molecule has 1 fully saturated rings. The smallest absolute Gasteiger partial charge is 0.274 e. The van der Waals surface area contributed by atoms with Gasteiger partial charge in [-0.3, -0.25) is 9.59 Å². The second-order valence-corrected chi connectivity index (χ2v) is 6.67. The van der Waals surface area contributed by atoms with E-state index < -0.39 is 0 Å². The van der Waals surface area contributed by atoms with E-state index in [0.717, 1.165) is 38.5 Å². The average molecular weight is 367 g/mol. The number of piperazine rings is 1. The molecule has 3 rings (SSSR count). The highest BCUT2D eigenvalue weighted by molar-refractivity contribution is 6.03. The highest BCUT2D eigenvalue weighted by Gasteiger charge is 2.19. The van der Waals surface area contributed by atoms with Gasteiger partial charge in [-0.25, -0.2) is 9.97 Å². The van der Waals surface area contributed by atoms with Crippen LogP contribution in [0.1, 0.15) is 40.5 Å². The fourth-order valence-corrected chi connectivity index (χ4v) is 3.11. The van der Waals surface area contributed by atoms with Gasteiger partial charge in [-0.1, -0.05) is 6.92 Å². The van der Waals surface area contributed by atoms with E-state index in [9.17, 15) is 9.59 Å². The normalized spacial score (nSPS) is 14.9. The van der Waals surface area contributed by atoms with Crippen molar-refractivity contribution in [2.24, 2.45) is 0 Å². The Morgan fingerprint density at radius 3 is 2.33 bits per heavy atom. The summed E-state index contributed by atoms with van der Waals surface area (Å²) in [4.78, 5) is 37.4. The molecule has 27 heavy (non-hydrogen) atoms. The zero-order chi connectivity index (χ0) is 19.4. The summed E-state index contributed by atoms with van der Waals surface area (Å²) in [5.74, 6) is 1.06. The Balaban J connectivity index is 1.73. The molecule has 0 radical (unpaired) electrons. The molecule has 0 aliphatic carbocycles. The number of hydrogen-bond acceptors (Lipinski definition) is 6. The van der Waals surface area contributed by atoms with Crippen LogP contribution in [-0.4, -0.2) is 59.3 Å². The first-order valence-electron chi connectivity index (χ1n) is 9.21. The SMILES string of the molecule is CCN1CCN(c2cc(C(=O)Nc3ccc(C(C)=O)cc3)nc(C)n2)CC1. The largest absolute Gasteiger partial charge is 0.354 e. The molecule has 1 aromatic heterocycles. The van der Waals surface area contributed by atoms with Gasteiger partial charge in [0.15, 0.2) is 5.78 Å². The Labute approximate surface area is 159 Å². The van der Waals surface area contributed by atoms with E-state index in [0.29, 0.717) is 22.8 Å². The number of carbonyl (C=O) groups is 2. The van der Waals surface area contributed by atoms with Gasteiger partial charge in [0.2, 0.25) is 0 Å². The van der Waals surface area contributed by atoms with Crippen LogP contribution in [0.25, 0.3) is 0 Å². The molecular formula is C20H25N5O2. The Morgan fingerprint density at radius 2 is 1.74 bits per heavy atom. The minimum absolute atomic E-state index is 0.00730. The zero-order valence-corrected chi connectivity index (χ0v) is 16.0. The quantitative estimate of drug-likeness (QED) is 0.818. The molecule has 7 nitrogen and oxygen atoms in total. The number of nitrogens with zero attached hydrogens (tertiary/aromatic N) is 4. The van der Waals surface area contributed by atoms with Crippen molar-refractivity contribution in [2.45, 2.75) is 20.8 Å². The van der Waals surface area contributed by atoms with Crippen LogP contribution in [0.5, 0.6) is 0 Å². The molecule has 1 aliphatic rings. The van der Waals surface area contributed by atoms with E-state index in [4.69, 9.17) is 0 Å². The molecule has 0 atom stereocenters. The number of aromatic nitrogens is 2. The number of ketones is 1. The van der Waals surface area contributed by atoms with Gasteiger partial charge >= 0.3 is 0 Å². The minimum atomic E-state index is -0.287. The second-order valence-electron chi connectivity index (χ2n) is 6.67. The molecule has 1 aliphatic heterocycles. The van der Waals surface area contributed by atoms with Crippen LogP contribution < -0.4 is 10.2 Å². The summed E-state index contributed by atoms with van der Waals surface area (Å²) < 4.78 is 0. The number of likely N-dealkylation sites (N-methyl/N-ethyl adjacent to an activating group) is 1. The van der Waals surface area contributed by atoms with Gasteiger partial charge in [-0.15, -0.1) is 0 Å². The fraction of sp³-hybridized carbons (Fsp3) is 0.400. The molecule has 2 aromatic rings. The third kappa shape index (κ3) is 4.68. The van der Waals surface area contributed by atoms with Crippen LogP contribution >= 0.6 is 0 Å². The van der Waals surface area contributed by atoms with Gasteiger partial charge in [0, 0.05) is 43.5 Å². The third-order valence-electron chi connectivity index (χ3n) is 4.75. The Hall–Kier alpha value is -2.80. The monoisotopic (exact) mass is 367 g/mol. The molecule has 1 amide bonds. The second kappa shape index (κ2) is 8.26. The lowest BCUT2D eigenvalue weighted by atomic mass is 10.1. The maximum Gasteiger partial charge on any atom is 0.274 e. The van der Waals surface area contributed by atoms with Crippen molar-refractivity contribution >= 4 is 23.2 Å². The van der Waals surface area contributed by atoms with Gasteiger partial charge in [0.05, 0.1) is 0 Å². The van der Waals surface area contributed by atoms with Crippen molar-refractivity contribution in [3.63, 3.8) is 0 Å². The van der Waals surface area contributed by atoms with E-state index in [1.165, 1.54) is 6.92 Å². The van der Waals surface area contributed by atoms with Crippen LogP contribution in [0.3, 0.4) is 0 Å². The lowest BCUT2D eigenvalue weighted by molar-refractivity contribution is 0.101. The molecule has 1 N–H and O–H groups in total. The van der Waals surface area contributed by atoms with Gasteiger partial charge in [0.25, 0.3) is 5.91 Å².